The Hall–Kier alpha value is -3.01. The summed E-state index contributed by atoms with van der Waals surface area (Å²) in [4.78, 5) is 32.4. The maximum atomic E-state index is 12.4. The van der Waals surface area contributed by atoms with E-state index in [1.807, 2.05) is 0 Å². The third-order valence-corrected chi connectivity index (χ3v) is 4.45. The minimum absolute atomic E-state index is 0.163. The van der Waals surface area contributed by atoms with Crippen molar-refractivity contribution in [3.63, 3.8) is 0 Å². The van der Waals surface area contributed by atoms with E-state index in [-0.39, 0.29) is 24.1 Å². The number of nitrogen functional groups attached to an aromatic ring is 1. The van der Waals surface area contributed by atoms with Crippen LogP contribution in [0.5, 0.6) is 6.01 Å². The molecule has 0 aliphatic heterocycles. The highest BCUT2D eigenvalue weighted by Gasteiger charge is 2.15. The molecule has 0 spiro atoms. The third-order valence-electron chi connectivity index (χ3n) is 4.45. The van der Waals surface area contributed by atoms with Gasteiger partial charge in [0.2, 0.25) is 0 Å². The number of rotatable bonds is 11. The Kier molecular flexibility index (Phi) is 7.12. The van der Waals surface area contributed by atoms with Crippen LogP contribution in [0.25, 0.3) is 11.2 Å². The highest BCUT2D eigenvalue weighted by Crippen LogP contribution is 2.18. The van der Waals surface area contributed by atoms with Crippen molar-refractivity contribution in [2.75, 3.05) is 18.9 Å². The second-order valence-corrected chi connectivity index (χ2v) is 6.84. The van der Waals surface area contributed by atoms with Crippen molar-refractivity contribution in [3.8, 4) is 6.01 Å². The molecule has 3 heterocycles. The first-order valence-corrected chi connectivity index (χ1v) is 10.0. The van der Waals surface area contributed by atoms with Crippen LogP contribution in [0.2, 0.25) is 0 Å². The van der Waals surface area contributed by atoms with Crippen LogP contribution >= 0.6 is 0 Å². The topological polar surface area (TPSA) is 137 Å². The number of nitrogens with zero attached hydrogens (tertiary/aromatic N) is 5. The molecule has 3 aromatic rings. The van der Waals surface area contributed by atoms with Crippen LogP contribution in [0.4, 0.5) is 5.82 Å². The minimum atomic E-state index is -0.334. The van der Waals surface area contributed by atoms with E-state index in [0.717, 1.165) is 37.9 Å². The molecule has 0 unspecified atom stereocenters. The number of nitrogens with one attached hydrogen (secondary N) is 2. The zero-order valence-corrected chi connectivity index (χ0v) is 16.9. The Morgan fingerprint density at radius 3 is 2.62 bits per heavy atom. The van der Waals surface area contributed by atoms with E-state index in [1.54, 1.807) is 12.4 Å². The fourth-order valence-electron chi connectivity index (χ4n) is 2.78. The summed E-state index contributed by atoms with van der Waals surface area (Å²) in [6, 6.07) is 0.163. The number of nitrogens with two attached hydrogens (primary N) is 1. The van der Waals surface area contributed by atoms with Crippen LogP contribution in [0.1, 0.15) is 50.9 Å². The largest absolute Gasteiger partial charge is 0.463 e. The van der Waals surface area contributed by atoms with Crippen LogP contribution in [0.3, 0.4) is 0 Å². The predicted octanol–water partition coefficient (Wildman–Crippen LogP) is 1.61. The average molecular weight is 400 g/mol. The second kappa shape index (κ2) is 9.97. The van der Waals surface area contributed by atoms with E-state index in [0.29, 0.717) is 30.0 Å². The Bertz CT molecular complexity index is 980. The molecule has 0 fully saturated rings. The first-order chi connectivity index (χ1) is 14.1. The van der Waals surface area contributed by atoms with Crippen molar-refractivity contribution in [1.82, 2.24) is 34.8 Å². The van der Waals surface area contributed by atoms with Crippen LogP contribution in [0.15, 0.2) is 17.2 Å². The van der Waals surface area contributed by atoms with Gasteiger partial charge in [0.1, 0.15) is 5.52 Å². The third kappa shape index (κ3) is 5.29. The fourth-order valence-corrected chi connectivity index (χ4v) is 2.78. The van der Waals surface area contributed by atoms with Gasteiger partial charge in [-0.2, -0.15) is 9.97 Å². The lowest BCUT2D eigenvalue weighted by molar-refractivity contribution is 0.286. The van der Waals surface area contributed by atoms with E-state index in [9.17, 15) is 4.79 Å². The molecule has 0 aliphatic carbocycles. The number of imidazole rings is 1. The lowest BCUT2D eigenvalue weighted by Crippen LogP contribution is -2.19. The van der Waals surface area contributed by atoms with Crippen LogP contribution in [0, 0.1) is 0 Å². The number of ether oxygens (including phenoxy) is 1. The Balaban J connectivity index is 1.76. The van der Waals surface area contributed by atoms with Gasteiger partial charge in [0, 0.05) is 6.54 Å². The summed E-state index contributed by atoms with van der Waals surface area (Å²) < 4.78 is 7.02. The van der Waals surface area contributed by atoms with E-state index in [2.05, 4.69) is 44.1 Å². The van der Waals surface area contributed by atoms with Gasteiger partial charge in [-0.1, -0.05) is 26.7 Å². The van der Waals surface area contributed by atoms with Crippen molar-refractivity contribution >= 4 is 17.0 Å². The minimum Gasteiger partial charge on any atom is -0.463 e. The second-order valence-electron chi connectivity index (χ2n) is 6.84. The monoisotopic (exact) mass is 400 g/mol. The Labute approximate surface area is 169 Å². The SMILES string of the molecule is CCCCNCc1cnc(Cn2c(=O)[nH]c3c(N)nc(OCCCC)nc32)cn1. The normalized spacial score (nSPS) is 11.2. The molecule has 0 atom stereocenters. The molecule has 0 bridgehead atoms. The summed E-state index contributed by atoms with van der Waals surface area (Å²) >= 11 is 0. The first-order valence-electron chi connectivity index (χ1n) is 10.0. The van der Waals surface area contributed by atoms with Crippen molar-refractivity contribution in [2.24, 2.45) is 0 Å². The standard InChI is InChI=1S/C19H28N8O2/c1-3-5-7-21-9-13-10-23-14(11-22-13)12-27-17-15(24-19(27)28)16(20)25-18(26-17)29-8-6-4-2/h10-11,21H,3-9,12H2,1-2H3,(H,24,28)(H2,20,25,26). The molecule has 4 N–H and O–H groups in total. The molecular weight excluding hydrogens is 372 g/mol. The molecule has 3 rings (SSSR count). The first kappa shape index (κ1) is 20.7. The average Bonchev–Trinajstić information content (AvgIpc) is 3.03. The summed E-state index contributed by atoms with van der Waals surface area (Å²) in [5.74, 6) is 0.178. The number of hydrogen-bond donors (Lipinski definition) is 3. The summed E-state index contributed by atoms with van der Waals surface area (Å²) in [5, 5.41) is 3.33. The van der Waals surface area contributed by atoms with E-state index in [4.69, 9.17) is 10.5 Å². The van der Waals surface area contributed by atoms with Crippen molar-refractivity contribution < 1.29 is 4.74 Å². The zero-order chi connectivity index (χ0) is 20.6. The van der Waals surface area contributed by atoms with Crippen molar-refractivity contribution in [2.45, 2.75) is 52.6 Å². The lowest BCUT2D eigenvalue weighted by Gasteiger charge is -2.07. The number of aromatic nitrogens is 6. The molecule has 10 heteroatoms. The highest BCUT2D eigenvalue weighted by atomic mass is 16.5. The van der Waals surface area contributed by atoms with Gasteiger partial charge in [0.15, 0.2) is 11.5 Å². The summed E-state index contributed by atoms with van der Waals surface area (Å²) in [5.41, 5.74) is 7.93. The number of aromatic amines is 1. The number of hydrogen-bond acceptors (Lipinski definition) is 8. The van der Waals surface area contributed by atoms with E-state index >= 15 is 0 Å². The molecule has 0 saturated carbocycles. The van der Waals surface area contributed by atoms with Gasteiger partial charge in [-0.25, -0.2) is 4.79 Å². The van der Waals surface area contributed by atoms with Crippen LogP contribution in [-0.2, 0) is 13.1 Å². The van der Waals surface area contributed by atoms with Gasteiger partial charge in [-0.15, -0.1) is 0 Å². The van der Waals surface area contributed by atoms with E-state index in [1.165, 1.54) is 4.57 Å². The molecule has 156 valence electrons. The molecule has 10 nitrogen and oxygen atoms in total. The number of fused-ring (bicyclic) bond motifs is 1. The van der Waals surface area contributed by atoms with Gasteiger partial charge in [0.25, 0.3) is 0 Å². The molecule has 0 aromatic carbocycles. The van der Waals surface area contributed by atoms with Crippen LogP contribution < -0.4 is 21.5 Å². The number of unbranched alkanes of at least 4 members (excludes halogenated alkanes) is 2. The smallest absolute Gasteiger partial charge is 0.328 e. The van der Waals surface area contributed by atoms with Gasteiger partial charge in [-0.05, 0) is 19.4 Å². The molecule has 29 heavy (non-hydrogen) atoms. The molecule has 0 aliphatic rings. The summed E-state index contributed by atoms with van der Waals surface area (Å²) in [7, 11) is 0. The van der Waals surface area contributed by atoms with Gasteiger partial charge < -0.3 is 20.8 Å². The fraction of sp³-hybridized carbons (Fsp3) is 0.526. The van der Waals surface area contributed by atoms with Crippen molar-refractivity contribution in [3.05, 3.63) is 34.3 Å². The van der Waals surface area contributed by atoms with Gasteiger partial charge >= 0.3 is 11.7 Å². The Morgan fingerprint density at radius 1 is 1.14 bits per heavy atom. The predicted molar refractivity (Wildman–Crippen MR) is 111 cm³/mol. The number of anilines is 1. The summed E-state index contributed by atoms with van der Waals surface area (Å²) in [6.07, 6.45) is 7.55. The lowest BCUT2D eigenvalue weighted by atomic mass is 10.3. The number of H-pyrrole nitrogens is 1. The molecule has 0 amide bonds. The van der Waals surface area contributed by atoms with Crippen LogP contribution in [-0.4, -0.2) is 42.6 Å². The maximum absolute atomic E-state index is 12.4. The van der Waals surface area contributed by atoms with Gasteiger partial charge in [0.05, 0.1) is 36.9 Å². The van der Waals surface area contributed by atoms with Crippen molar-refractivity contribution in [1.29, 1.82) is 0 Å². The molecular formula is C19H28N8O2. The quantitative estimate of drug-likeness (QED) is 0.413. The zero-order valence-electron chi connectivity index (χ0n) is 16.9. The van der Waals surface area contributed by atoms with Gasteiger partial charge in [-0.3, -0.25) is 14.5 Å². The molecule has 0 radical (unpaired) electrons. The molecule has 3 aromatic heterocycles. The maximum Gasteiger partial charge on any atom is 0.328 e. The van der Waals surface area contributed by atoms with E-state index < -0.39 is 0 Å². The summed E-state index contributed by atoms with van der Waals surface area (Å²) in [6.45, 7) is 6.56. The Morgan fingerprint density at radius 2 is 1.90 bits per heavy atom. The highest BCUT2D eigenvalue weighted by molar-refractivity contribution is 5.81. The molecule has 0 saturated heterocycles.